The molecule has 6 nitrogen and oxygen atoms in total. The molecule has 1 amide bonds. The van der Waals surface area contributed by atoms with Crippen molar-refractivity contribution < 1.29 is 14.3 Å². The van der Waals surface area contributed by atoms with E-state index in [0.717, 1.165) is 37.4 Å². The van der Waals surface area contributed by atoms with Gasteiger partial charge >= 0.3 is 0 Å². The molecule has 3 aliphatic rings. The molecule has 0 radical (unpaired) electrons. The first-order chi connectivity index (χ1) is 14.2. The summed E-state index contributed by atoms with van der Waals surface area (Å²) < 4.78 is 11.9. The molecular weight excluding hydrogens is 390 g/mol. The van der Waals surface area contributed by atoms with E-state index in [2.05, 4.69) is 34.1 Å². The number of alkyl halides is 1. The molecule has 2 atom stereocenters. The average molecular weight is 414 g/mol. The van der Waals surface area contributed by atoms with Crippen LogP contribution >= 0.6 is 11.6 Å². The predicted octanol–water partition coefficient (Wildman–Crippen LogP) is 2.62. The quantitative estimate of drug-likeness (QED) is 0.721. The summed E-state index contributed by atoms with van der Waals surface area (Å²) in [5.41, 5.74) is 2.88. The summed E-state index contributed by atoms with van der Waals surface area (Å²) in [6, 6.07) is 18.2. The lowest BCUT2D eigenvalue weighted by Gasteiger charge is -2.38. The van der Waals surface area contributed by atoms with Crippen molar-refractivity contribution in [3.05, 3.63) is 60.2 Å². The number of ether oxygens (including phenoxy) is 2. The van der Waals surface area contributed by atoms with E-state index >= 15 is 0 Å². The van der Waals surface area contributed by atoms with Crippen molar-refractivity contribution in [3.8, 4) is 0 Å². The van der Waals surface area contributed by atoms with Crippen molar-refractivity contribution in [3.63, 3.8) is 0 Å². The number of carbonyl (C=O) groups excluding carboxylic acids is 1. The third-order valence-corrected chi connectivity index (χ3v) is 6.23. The number of rotatable bonds is 4. The molecule has 2 saturated heterocycles. The van der Waals surface area contributed by atoms with Crippen LogP contribution in [0.5, 0.6) is 0 Å². The van der Waals surface area contributed by atoms with Gasteiger partial charge in [-0.15, -0.1) is 11.6 Å². The van der Waals surface area contributed by atoms with Gasteiger partial charge in [-0.2, -0.15) is 0 Å². The average Bonchev–Trinajstić information content (AvgIpc) is 3.32. The lowest BCUT2D eigenvalue weighted by atomic mass is 10.1. The van der Waals surface area contributed by atoms with Crippen molar-refractivity contribution in [2.45, 2.75) is 11.9 Å². The van der Waals surface area contributed by atoms with Gasteiger partial charge in [-0.1, -0.05) is 36.4 Å². The zero-order chi connectivity index (χ0) is 19.8. The highest BCUT2D eigenvalue weighted by atomic mass is 35.5. The normalized spacial score (nSPS) is 27.1. The number of hydrogen-bond acceptors (Lipinski definition) is 5. The van der Waals surface area contributed by atoms with Crippen LogP contribution in [0.1, 0.15) is 5.56 Å². The molecular formula is C22H24ClN3O3. The van der Waals surface area contributed by atoms with Crippen LogP contribution in [0.4, 0.5) is 11.4 Å². The zero-order valence-corrected chi connectivity index (χ0v) is 16.9. The van der Waals surface area contributed by atoms with E-state index < -0.39 is 5.79 Å². The number of benzene rings is 2. The molecule has 0 unspecified atom stereocenters. The molecule has 0 N–H and O–H groups in total. The summed E-state index contributed by atoms with van der Waals surface area (Å²) in [6.07, 6.45) is -0.275. The fourth-order valence-electron chi connectivity index (χ4n) is 4.36. The van der Waals surface area contributed by atoms with Crippen LogP contribution < -0.4 is 9.80 Å². The van der Waals surface area contributed by atoms with Crippen molar-refractivity contribution >= 4 is 28.9 Å². The van der Waals surface area contributed by atoms with E-state index in [0.29, 0.717) is 19.2 Å². The van der Waals surface area contributed by atoms with E-state index in [1.807, 2.05) is 30.3 Å². The number of carbonyl (C=O) groups is 1. The van der Waals surface area contributed by atoms with Gasteiger partial charge in [0.2, 0.25) is 0 Å². The molecule has 152 valence electrons. The van der Waals surface area contributed by atoms with Gasteiger partial charge in [-0.05, 0) is 18.2 Å². The Bertz CT molecular complexity index is 888. The Kier molecular flexibility index (Phi) is 4.95. The van der Waals surface area contributed by atoms with Gasteiger partial charge < -0.3 is 14.4 Å². The largest absolute Gasteiger partial charge is 0.369 e. The summed E-state index contributed by atoms with van der Waals surface area (Å²) >= 11 is 5.96. The first-order valence-electron chi connectivity index (χ1n) is 10.0. The Morgan fingerprint density at radius 3 is 2.45 bits per heavy atom. The van der Waals surface area contributed by atoms with E-state index in [1.54, 1.807) is 4.90 Å². The zero-order valence-electron chi connectivity index (χ0n) is 16.2. The van der Waals surface area contributed by atoms with Crippen LogP contribution in [0.3, 0.4) is 0 Å². The van der Waals surface area contributed by atoms with Gasteiger partial charge in [0.25, 0.3) is 11.7 Å². The second-order valence-electron chi connectivity index (χ2n) is 7.65. The van der Waals surface area contributed by atoms with Crippen LogP contribution in [0.25, 0.3) is 0 Å². The van der Waals surface area contributed by atoms with E-state index in [-0.39, 0.29) is 12.0 Å². The number of amides is 1. The lowest BCUT2D eigenvalue weighted by Crippen LogP contribution is -2.52. The van der Waals surface area contributed by atoms with Crippen molar-refractivity contribution in [2.75, 3.05) is 55.1 Å². The van der Waals surface area contributed by atoms with Crippen LogP contribution in [0.2, 0.25) is 0 Å². The maximum atomic E-state index is 13.4. The molecule has 0 aliphatic carbocycles. The Morgan fingerprint density at radius 1 is 1.00 bits per heavy atom. The molecule has 7 heteroatoms. The number of nitrogens with zero attached hydrogens (tertiary/aromatic N) is 3. The van der Waals surface area contributed by atoms with Crippen molar-refractivity contribution in [2.24, 2.45) is 0 Å². The van der Waals surface area contributed by atoms with Gasteiger partial charge in [-0.3, -0.25) is 14.6 Å². The monoisotopic (exact) mass is 413 g/mol. The summed E-state index contributed by atoms with van der Waals surface area (Å²) in [6.45, 7) is 4.49. The topological polar surface area (TPSA) is 45.3 Å². The maximum absolute atomic E-state index is 13.4. The van der Waals surface area contributed by atoms with E-state index in [9.17, 15) is 4.79 Å². The molecule has 5 rings (SSSR count). The molecule has 3 aliphatic heterocycles. The van der Waals surface area contributed by atoms with E-state index in [1.165, 1.54) is 5.69 Å². The van der Waals surface area contributed by atoms with Gasteiger partial charge in [0.05, 0.1) is 30.9 Å². The van der Waals surface area contributed by atoms with E-state index in [4.69, 9.17) is 21.1 Å². The molecule has 2 aromatic carbocycles. The number of piperazine rings is 1. The van der Waals surface area contributed by atoms with Gasteiger partial charge in [-0.25, -0.2) is 0 Å². The Balaban J connectivity index is 1.32. The number of para-hydroxylation sites is 2. The van der Waals surface area contributed by atoms with Gasteiger partial charge in [0.15, 0.2) is 0 Å². The van der Waals surface area contributed by atoms with Crippen LogP contribution in [-0.2, 0) is 20.1 Å². The molecule has 29 heavy (non-hydrogen) atoms. The SMILES string of the molecule is O=C1N(CN2CCN(c3ccccc3)CC2)c2ccccc2[C@@]12OC[C@@H](CCl)O2. The third-order valence-electron chi connectivity index (χ3n) is 5.89. The highest BCUT2D eigenvalue weighted by molar-refractivity contribution is 6.18. The minimum Gasteiger partial charge on any atom is -0.369 e. The molecule has 1 spiro atoms. The number of halogens is 1. The standard InChI is InChI=1S/C22H24ClN3O3/c23-14-18-15-28-22(29-18)19-8-4-5-9-20(19)26(21(22)27)16-24-10-12-25(13-11-24)17-6-2-1-3-7-17/h1-9,18H,10-16H2/t18-,22+/m1/s1. The van der Waals surface area contributed by atoms with Crippen LogP contribution in [0.15, 0.2) is 54.6 Å². The Morgan fingerprint density at radius 2 is 1.72 bits per heavy atom. The molecule has 0 bridgehead atoms. The first kappa shape index (κ1) is 18.9. The highest BCUT2D eigenvalue weighted by Gasteiger charge is 2.58. The van der Waals surface area contributed by atoms with Gasteiger partial charge in [0.1, 0.15) is 0 Å². The number of anilines is 2. The lowest BCUT2D eigenvalue weighted by molar-refractivity contribution is -0.185. The second-order valence-corrected chi connectivity index (χ2v) is 7.96. The Labute approximate surface area is 175 Å². The fraction of sp³-hybridized carbons (Fsp3) is 0.409. The molecule has 2 aromatic rings. The fourth-order valence-corrected chi connectivity index (χ4v) is 4.51. The molecule has 2 fully saturated rings. The minimum atomic E-state index is -1.35. The smallest absolute Gasteiger partial charge is 0.293 e. The third kappa shape index (κ3) is 3.20. The predicted molar refractivity (Wildman–Crippen MR) is 112 cm³/mol. The molecule has 0 saturated carbocycles. The summed E-state index contributed by atoms with van der Waals surface area (Å²) in [4.78, 5) is 19.9. The Hall–Kier alpha value is -2.12. The summed E-state index contributed by atoms with van der Waals surface area (Å²) in [5.74, 6) is -1.20. The maximum Gasteiger partial charge on any atom is 0.293 e. The highest BCUT2D eigenvalue weighted by Crippen LogP contribution is 2.47. The van der Waals surface area contributed by atoms with Crippen LogP contribution in [-0.4, -0.2) is 62.2 Å². The number of hydrogen-bond donors (Lipinski definition) is 0. The van der Waals surface area contributed by atoms with Crippen molar-refractivity contribution in [1.29, 1.82) is 0 Å². The summed E-state index contributed by atoms with van der Waals surface area (Å²) in [5, 5.41) is 0. The van der Waals surface area contributed by atoms with Gasteiger partial charge in [0, 0.05) is 37.4 Å². The second kappa shape index (κ2) is 7.61. The number of fused-ring (bicyclic) bond motifs is 2. The minimum absolute atomic E-state index is 0.156. The molecule has 0 aromatic heterocycles. The van der Waals surface area contributed by atoms with Crippen LogP contribution in [0, 0.1) is 0 Å². The molecule has 3 heterocycles. The van der Waals surface area contributed by atoms with Crippen molar-refractivity contribution in [1.82, 2.24) is 4.90 Å². The summed E-state index contributed by atoms with van der Waals surface area (Å²) in [7, 11) is 0. The first-order valence-corrected chi connectivity index (χ1v) is 10.6.